The van der Waals surface area contributed by atoms with Crippen LogP contribution in [0.4, 0.5) is 0 Å². The molecule has 0 amide bonds. The Balaban J connectivity index is 2.64. The summed E-state index contributed by atoms with van der Waals surface area (Å²) in [6.07, 6.45) is 3.23. The van der Waals surface area contributed by atoms with Gasteiger partial charge in [0.15, 0.2) is 16.6 Å². The van der Waals surface area contributed by atoms with E-state index in [1.54, 1.807) is 7.11 Å². The van der Waals surface area contributed by atoms with E-state index in [-0.39, 0.29) is 17.2 Å². The van der Waals surface area contributed by atoms with Gasteiger partial charge in [0.1, 0.15) is 0 Å². The second kappa shape index (κ2) is 9.30. The third-order valence-electron chi connectivity index (χ3n) is 4.91. The van der Waals surface area contributed by atoms with Crippen molar-refractivity contribution in [3.63, 3.8) is 0 Å². The van der Waals surface area contributed by atoms with Gasteiger partial charge in [-0.3, -0.25) is 0 Å². The average Bonchev–Trinajstić information content (AvgIpc) is 2.37. The van der Waals surface area contributed by atoms with Crippen LogP contribution in [0.3, 0.4) is 0 Å². The first-order valence-corrected chi connectivity index (χ1v) is 20.1. The van der Waals surface area contributed by atoms with Gasteiger partial charge in [0, 0.05) is 17.7 Å². The third kappa shape index (κ3) is 8.67. The first-order valence-electron chi connectivity index (χ1n) is 10.8. The van der Waals surface area contributed by atoms with Crippen LogP contribution in [0.25, 0.3) is 0 Å². The Bertz CT molecular complexity index is 467. The Kier molecular flexibility index (Phi) is 8.79. The molecule has 0 aromatic rings. The van der Waals surface area contributed by atoms with Crippen molar-refractivity contribution < 1.29 is 17.8 Å². The Morgan fingerprint density at radius 1 is 0.821 bits per heavy atom. The quantitative estimate of drug-likeness (QED) is 0.313. The summed E-state index contributed by atoms with van der Waals surface area (Å²) in [4.78, 5) is 5.69. The second-order valence-corrected chi connectivity index (χ2v) is 24.5. The highest BCUT2D eigenvalue weighted by Gasteiger charge is 2.46. The number of hydrogen-bond donors (Lipinski definition) is 0. The van der Waals surface area contributed by atoms with E-state index in [9.17, 15) is 0 Å². The van der Waals surface area contributed by atoms with E-state index in [0.717, 1.165) is 31.9 Å². The zero-order valence-corrected chi connectivity index (χ0v) is 23.7. The van der Waals surface area contributed by atoms with Crippen LogP contribution in [-0.2, 0) is 17.8 Å². The van der Waals surface area contributed by atoms with Crippen molar-refractivity contribution in [3.8, 4) is 0 Å². The lowest BCUT2D eigenvalue weighted by Gasteiger charge is -2.53. The van der Waals surface area contributed by atoms with E-state index in [1.807, 2.05) is 0 Å². The molecule has 5 nitrogen and oxygen atoms in total. The predicted octanol–water partition coefficient (Wildman–Crippen LogP) is 5.75. The molecule has 28 heavy (non-hydrogen) atoms. The summed E-state index contributed by atoms with van der Waals surface area (Å²) in [5.74, 6) is 0. The predicted molar refractivity (Wildman–Crippen MR) is 126 cm³/mol. The molecular weight excluding hydrogens is 402 g/mol. The van der Waals surface area contributed by atoms with E-state index >= 15 is 0 Å². The lowest BCUT2D eigenvalue weighted by atomic mass is 9.80. The van der Waals surface area contributed by atoms with Gasteiger partial charge in [0.2, 0.25) is 0 Å². The number of rotatable bonds is 10. The zero-order valence-electron chi connectivity index (χ0n) is 20.7. The molecule has 1 heterocycles. The highest BCUT2D eigenvalue weighted by atomic mass is 28.5. The molecule has 1 aliphatic heterocycles. The van der Waals surface area contributed by atoms with Crippen LogP contribution in [-0.4, -0.2) is 61.2 Å². The molecular formula is C20H47NO4Si3. The molecule has 0 unspecified atom stereocenters. The van der Waals surface area contributed by atoms with Gasteiger partial charge >= 0.3 is 8.56 Å². The van der Waals surface area contributed by atoms with Gasteiger partial charge in [-0.2, -0.15) is 5.06 Å². The molecule has 0 radical (unpaired) electrons. The molecule has 0 N–H and O–H groups in total. The average molecular weight is 450 g/mol. The molecule has 0 atom stereocenters. The van der Waals surface area contributed by atoms with Gasteiger partial charge in [-0.05, 0) is 98.8 Å². The van der Waals surface area contributed by atoms with Crippen molar-refractivity contribution in [2.24, 2.45) is 0 Å². The minimum Gasteiger partial charge on any atom is -0.437 e. The Hall–Kier alpha value is 0.451. The molecule has 0 spiro atoms. The maximum absolute atomic E-state index is 6.60. The van der Waals surface area contributed by atoms with E-state index in [1.165, 1.54) is 0 Å². The van der Waals surface area contributed by atoms with E-state index < -0.39 is 25.2 Å². The fourth-order valence-corrected chi connectivity index (χ4v) is 17.4. The molecule has 8 heteroatoms. The van der Waals surface area contributed by atoms with Crippen LogP contribution < -0.4 is 0 Å². The van der Waals surface area contributed by atoms with E-state index in [0.29, 0.717) is 0 Å². The molecule has 1 rings (SSSR count). The summed E-state index contributed by atoms with van der Waals surface area (Å²) >= 11 is 0. The topological polar surface area (TPSA) is 40.2 Å². The molecule has 0 saturated carbocycles. The molecule has 0 aromatic heterocycles. The minimum absolute atomic E-state index is 0.0354. The van der Waals surface area contributed by atoms with Gasteiger partial charge in [-0.1, -0.05) is 0 Å². The van der Waals surface area contributed by atoms with Crippen LogP contribution in [0.1, 0.15) is 47.0 Å². The molecule has 1 saturated heterocycles. The largest absolute Gasteiger partial charge is 0.437 e. The summed E-state index contributed by atoms with van der Waals surface area (Å²) in [6.45, 7) is 25.5. The van der Waals surface area contributed by atoms with Crippen LogP contribution in [0.5, 0.6) is 0 Å². The molecule has 1 fully saturated rings. The third-order valence-corrected chi connectivity index (χ3v) is 14.5. The highest BCUT2D eigenvalue weighted by molar-refractivity contribution is 6.87. The molecule has 1 aliphatic rings. The number of hydrogen-bond acceptors (Lipinski definition) is 5. The number of hydroxylamine groups is 2. The van der Waals surface area contributed by atoms with E-state index in [4.69, 9.17) is 17.8 Å². The Labute approximate surface area is 177 Å². The fraction of sp³-hybridized carbons (Fsp3) is 1.00. The first-order chi connectivity index (χ1) is 12.4. The summed E-state index contributed by atoms with van der Waals surface area (Å²) in [7, 11) is -3.67. The van der Waals surface area contributed by atoms with Crippen LogP contribution in [0, 0.1) is 0 Å². The summed E-state index contributed by atoms with van der Waals surface area (Å²) in [6, 6.07) is 1.01. The van der Waals surface area contributed by atoms with Gasteiger partial charge < -0.3 is 17.8 Å². The highest BCUT2D eigenvalue weighted by Crippen LogP contribution is 2.39. The SMILES string of the molecule is CON1C(C)(C)CC(OCCC[Si](C)(O[Si](C)(C)C)O[Si](C)(C)C)CC1(C)C. The van der Waals surface area contributed by atoms with Gasteiger partial charge in [0.25, 0.3) is 0 Å². The van der Waals surface area contributed by atoms with Crippen molar-refractivity contribution in [1.29, 1.82) is 0 Å². The van der Waals surface area contributed by atoms with Crippen molar-refractivity contribution in [2.75, 3.05) is 13.7 Å². The number of piperidine rings is 1. The molecule has 0 aliphatic carbocycles. The van der Waals surface area contributed by atoms with Crippen molar-refractivity contribution in [1.82, 2.24) is 5.06 Å². The van der Waals surface area contributed by atoms with E-state index in [2.05, 4.69) is 78.6 Å². The maximum Gasteiger partial charge on any atom is 0.314 e. The fourth-order valence-electron chi connectivity index (χ4n) is 4.85. The van der Waals surface area contributed by atoms with Gasteiger partial charge in [-0.15, -0.1) is 0 Å². The first kappa shape index (κ1) is 26.5. The molecule has 0 bridgehead atoms. The van der Waals surface area contributed by atoms with Crippen molar-refractivity contribution in [3.05, 3.63) is 0 Å². The lowest BCUT2D eigenvalue weighted by Crippen LogP contribution is -2.61. The lowest BCUT2D eigenvalue weighted by molar-refractivity contribution is -0.279. The second-order valence-electron chi connectivity index (χ2n) is 11.7. The minimum atomic E-state index is -2.17. The normalized spacial score (nSPS) is 21.9. The van der Waals surface area contributed by atoms with Crippen LogP contribution in [0.2, 0.25) is 51.9 Å². The smallest absolute Gasteiger partial charge is 0.314 e. The summed E-state index contributed by atoms with van der Waals surface area (Å²) in [5.41, 5.74) is -0.0708. The van der Waals surface area contributed by atoms with Crippen molar-refractivity contribution in [2.45, 2.75) is 116 Å². The maximum atomic E-state index is 6.60. The Morgan fingerprint density at radius 3 is 1.61 bits per heavy atom. The van der Waals surface area contributed by atoms with Gasteiger partial charge in [-0.25, -0.2) is 0 Å². The van der Waals surface area contributed by atoms with Crippen LogP contribution in [0.15, 0.2) is 0 Å². The number of ether oxygens (including phenoxy) is 1. The molecule has 168 valence electrons. The monoisotopic (exact) mass is 449 g/mol. The summed E-state index contributed by atoms with van der Waals surface area (Å²) in [5, 5.41) is 2.13. The van der Waals surface area contributed by atoms with Gasteiger partial charge in [0.05, 0.1) is 13.2 Å². The zero-order chi connectivity index (χ0) is 22.0. The van der Waals surface area contributed by atoms with Crippen molar-refractivity contribution >= 4 is 25.2 Å². The standard InChI is InChI=1S/C20H47NO4Si3/c1-19(2)16-18(17-20(3,4)21(19)22-5)23-14-13-15-28(12,24-26(6,7)8)25-27(9,10)11/h18H,13-17H2,1-12H3. The molecule has 0 aromatic carbocycles. The summed E-state index contributed by atoms with van der Waals surface area (Å²) < 4.78 is 19.6. The number of nitrogens with zero attached hydrogens (tertiary/aromatic N) is 1. The Morgan fingerprint density at radius 2 is 1.25 bits per heavy atom. The van der Waals surface area contributed by atoms with Crippen LogP contribution >= 0.6 is 0 Å².